The highest BCUT2D eigenvalue weighted by Gasteiger charge is 2.10. The molecule has 86 valence electrons. The Kier molecular flexibility index (Phi) is 3.93. The van der Waals surface area contributed by atoms with Gasteiger partial charge in [0.15, 0.2) is 0 Å². The molecule has 0 amide bonds. The Labute approximate surface area is 90.7 Å². The standard InChI is InChI=1S/C10H17NO3S/c1-4-5-15(12,13)11-7-10-6-8(2)14-9(10)3/h6,11H,4-5,7H2,1-3H3. The minimum absolute atomic E-state index is 0.170. The summed E-state index contributed by atoms with van der Waals surface area (Å²) in [5.74, 6) is 1.74. The van der Waals surface area contributed by atoms with Crippen LogP contribution in [0.3, 0.4) is 0 Å². The summed E-state index contributed by atoms with van der Waals surface area (Å²) in [5.41, 5.74) is 0.896. The molecule has 0 bridgehead atoms. The van der Waals surface area contributed by atoms with Crippen LogP contribution in [0, 0.1) is 13.8 Å². The molecular formula is C10H17NO3S. The summed E-state index contributed by atoms with van der Waals surface area (Å²) in [6.45, 7) is 5.82. The van der Waals surface area contributed by atoms with E-state index in [-0.39, 0.29) is 5.75 Å². The highest BCUT2D eigenvalue weighted by Crippen LogP contribution is 2.13. The number of furan rings is 1. The number of aryl methyl sites for hydroxylation is 2. The zero-order valence-corrected chi connectivity index (χ0v) is 10.1. The molecular weight excluding hydrogens is 214 g/mol. The zero-order valence-electron chi connectivity index (χ0n) is 9.33. The van der Waals surface area contributed by atoms with Gasteiger partial charge in [-0.25, -0.2) is 13.1 Å². The largest absolute Gasteiger partial charge is 0.466 e. The summed E-state index contributed by atoms with van der Waals surface area (Å²) in [6, 6.07) is 1.85. The first kappa shape index (κ1) is 12.3. The van der Waals surface area contributed by atoms with Crippen molar-refractivity contribution in [1.29, 1.82) is 0 Å². The first-order chi connectivity index (χ1) is 6.94. The molecule has 1 aromatic heterocycles. The maximum Gasteiger partial charge on any atom is 0.211 e. The van der Waals surface area contributed by atoms with Crippen molar-refractivity contribution in [3.63, 3.8) is 0 Å². The molecule has 4 nitrogen and oxygen atoms in total. The molecule has 15 heavy (non-hydrogen) atoms. The summed E-state index contributed by atoms with van der Waals surface area (Å²) in [7, 11) is -3.13. The molecule has 5 heteroatoms. The van der Waals surface area contributed by atoms with Crippen LogP contribution < -0.4 is 4.72 Å². The van der Waals surface area contributed by atoms with E-state index in [1.54, 1.807) is 0 Å². The maximum absolute atomic E-state index is 11.4. The summed E-state index contributed by atoms with van der Waals surface area (Å²) >= 11 is 0. The fourth-order valence-electron chi connectivity index (χ4n) is 1.39. The predicted molar refractivity (Wildman–Crippen MR) is 59.1 cm³/mol. The lowest BCUT2D eigenvalue weighted by Crippen LogP contribution is -2.25. The van der Waals surface area contributed by atoms with Crippen molar-refractivity contribution in [2.45, 2.75) is 33.7 Å². The van der Waals surface area contributed by atoms with Crippen LogP contribution in [0.25, 0.3) is 0 Å². The third-order valence-corrected chi connectivity index (χ3v) is 3.63. The summed E-state index contributed by atoms with van der Waals surface area (Å²) in [6.07, 6.45) is 0.624. The van der Waals surface area contributed by atoms with E-state index < -0.39 is 10.0 Å². The summed E-state index contributed by atoms with van der Waals surface area (Å²) < 4.78 is 30.6. The van der Waals surface area contributed by atoms with Gasteiger partial charge < -0.3 is 4.42 Å². The third kappa shape index (κ3) is 3.68. The summed E-state index contributed by atoms with van der Waals surface area (Å²) in [5, 5.41) is 0. The molecule has 0 unspecified atom stereocenters. The number of nitrogens with one attached hydrogen (secondary N) is 1. The van der Waals surface area contributed by atoms with Crippen molar-refractivity contribution in [2.24, 2.45) is 0 Å². The molecule has 1 aromatic rings. The Morgan fingerprint density at radius 2 is 2.07 bits per heavy atom. The fraction of sp³-hybridized carbons (Fsp3) is 0.600. The molecule has 0 fully saturated rings. The Morgan fingerprint density at radius 1 is 1.40 bits per heavy atom. The second kappa shape index (κ2) is 4.81. The average molecular weight is 231 g/mol. The third-order valence-electron chi connectivity index (χ3n) is 2.10. The number of hydrogen-bond donors (Lipinski definition) is 1. The Hall–Kier alpha value is -0.810. The van der Waals surface area contributed by atoms with Crippen molar-refractivity contribution in [3.05, 3.63) is 23.2 Å². The van der Waals surface area contributed by atoms with E-state index in [1.807, 2.05) is 26.8 Å². The van der Waals surface area contributed by atoms with Crippen LogP contribution in [-0.4, -0.2) is 14.2 Å². The van der Waals surface area contributed by atoms with Crippen molar-refractivity contribution in [2.75, 3.05) is 5.75 Å². The van der Waals surface area contributed by atoms with Gasteiger partial charge in [-0.1, -0.05) is 6.92 Å². The molecule has 0 aliphatic carbocycles. The highest BCUT2D eigenvalue weighted by molar-refractivity contribution is 7.89. The van der Waals surface area contributed by atoms with Gasteiger partial charge in [0, 0.05) is 12.1 Å². The number of sulfonamides is 1. The van der Waals surface area contributed by atoms with Crippen molar-refractivity contribution in [1.82, 2.24) is 4.72 Å². The van der Waals surface area contributed by atoms with Gasteiger partial charge in [0.1, 0.15) is 11.5 Å². The fourth-order valence-corrected chi connectivity index (χ4v) is 2.44. The van der Waals surface area contributed by atoms with E-state index in [2.05, 4.69) is 4.72 Å². The number of rotatable bonds is 5. The SMILES string of the molecule is CCCS(=O)(=O)NCc1cc(C)oc1C. The van der Waals surface area contributed by atoms with Gasteiger partial charge in [-0.15, -0.1) is 0 Å². The topological polar surface area (TPSA) is 59.3 Å². The molecule has 0 aliphatic heterocycles. The first-order valence-electron chi connectivity index (χ1n) is 4.98. The quantitative estimate of drug-likeness (QED) is 0.839. The van der Waals surface area contributed by atoms with E-state index in [4.69, 9.17) is 4.42 Å². The van der Waals surface area contributed by atoms with Gasteiger partial charge in [-0.2, -0.15) is 0 Å². The van der Waals surface area contributed by atoms with Gasteiger partial charge in [0.05, 0.1) is 5.75 Å². The molecule has 1 rings (SSSR count). The van der Waals surface area contributed by atoms with Crippen LogP contribution in [-0.2, 0) is 16.6 Å². The molecule has 0 saturated carbocycles. The lowest BCUT2D eigenvalue weighted by atomic mass is 10.2. The Bertz CT molecular complexity index is 420. The lowest BCUT2D eigenvalue weighted by molar-refractivity contribution is 0.500. The zero-order chi connectivity index (χ0) is 11.5. The van der Waals surface area contributed by atoms with Crippen molar-refractivity contribution >= 4 is 10.0 Å². The maximum atomic E-state index is 11.4. The first-order valence-corrected chi connectivity index (χ1v) is 6.63. The molecule has 0 atom stereocenters. The number of hydrogen-bond acceptors (Lipinski definition) is 3. The molecule has 0 spiro atoms. The van der Waals surface area contributed by atoms with Gasteiger partial charge in [-0.05, 0) is 26.3 Å². The highest BCUT2D eigenvalue weighted by atomic mass is 32.2. The second-order valence-corrected chi connectivity index (χ2v) is 5.50. The van der Waals surface area contributed by atoms with Crippen LogP contribution >= 0.6 is 0 Å². The van der Waals surface area contributed by atoms with Crippen LogP contribution in [0.1, 0.15) is 30.4 Å². The second-order valence-electron chi connectivity index (χ2n) is 3.58. The van der Waals surface area contributed by atoms with Crippen LogP contribution in [0.4, 0.5) is 0 Å². The smallest absolute Gasteiger partial charge is 0.211 e. The van der Waals surface area contributed by atoms with E-state index in [0.717, 1.165) is 17.1 Å². The van der Waals surface area contributed by atoms with Gasteiger partial charge in [0.25, 0.3) is 0 Å². The summed E-state index contributed by atoms with van der Waals surface area (Å²) in [4.78, 5) is 0. The van der Waals surface area contributed by atoms with Gasteiger partial charge in [-0.3, -0.25) is 0 Å². The minimum atomic E-state index is -3.13. The minimum Gasteiger partial charge on any atom is -0.466 e. The van der Waals surface area contributed by atoms with Gasteiger partial charge >= 0.3 is 0 Å². The molecule has 0 radical (unpaired) electrons. The van der Waals surface area contributed by atoms with E-state index in [0.29, 0.717) is 13.0 Å². The van der Waals surface area contributed by atoms with Crippen LogP contribution in [0.5, 0.6) is 0 Å². The molecule has 0 saturated heterocycles. The lowest BCUT2D eigenvalue weighted by Gasteiger charge is -2.03. The van der Waals surface area contributed by atoms with Crippen LogP contribution in [0.15, 0.2) is 10.5 Å². The normalized spacial score (nSPS) is 11.9. The Morgan fingerprint density at radius 3 is 2.53 bits per heavy atom. The van der Waals surface area contributed by atoms with E-state index in [1.165, 1.54) is 0 Å². The van der Waals surface area contributed by atoms with Crippen molar-refractivity contribution < 1.29 is 12.8 Å². The van der Waals surface area contributed by atoms with Gasteiger partial charge in [0.2, 0.25) is 10.0 Å². The molecule has 1 N–H and O–H groups in total. The predicted octanol–water partition coefficient (Wildman–Crippen LogP) is 1.73. The van der Waals surface area contributed by atoms with E-state index in [9.17, 15) is 8.42 Å². The molecule has 0 aromatic carbocycles. The molecule has 0 aliphatic rings. The average Bonchev–Trinajstić information content (AvgIpc) is 2.42. The Balaban J connectivity index is 2.61. The van der Waals surface area contributed by atoms with Crippen molar-refractivity contribution in [3.8, 4) is 0 Å². The molecule has 1 heterocycles. The monoisotopic (exact) mass is 231 g/mol. The van der Waals surface area contributed by atoms with E-state index >= 15 is 0 Å². The van der Waals surface area contributed by atoms with Crippen LogP contribution in [0.2, 0.25) is 0 Å².